The van der Waals surface area contributed by atoms with E-state index in [4.69, 9.17) is 4.42 Å². The van der Waals surface area contributed by atoms with Crippen LogP contribution in [0.4, 0.5) is 13.2 Å². The second-order valence-electron chi connectivity index (χ2n) is 2.56. The van der Waals surface area contributed by atoms with E-state index in [1.807, 2.05) is 0 Å². The zero-order valence-electron chi connectivity index (χ0n) is 6.76. The highest BCUT2D eigenvalue weighted by atomic mass is 19.4. The first-order valence-corrected chi connectivity index (χ1v) is 3.70. The first-order valence-electron chi connectivity index (χ1n) is 3.70. The zero-order valence-corrected chi connectivity index (χ0v) is 6.76. The Morgan fingerprint density at radius 3 is 2.79 bits per heavy atom. The van der Waals surface area contributed by atoms with Crippen molar-refractivity contribution in [1.82, 2.24) is 0 Å². The number of rotatable bonds is 1. The smallest absolute Gasteiger partial charge is 0.464 e. The van der Waals surface area contributed by atoms with E-state index in [9.17, 15) is 13.2 Å². The highest BCUT2D eigenvalue weighted by Crippen LogP contribution is 2.30. The predicted molar refractivity (Wildman–Crippen MR) is 41.7 cm³/mol. The van der Waals surface area contributed by atoms with Gasteiger partial charge in [-0.2, -0.15) is 0 Å². The Morgan fingerprint density at radius 1 is 1.29 bits per heavy atom. The summed E-state index contributed by atoms with van der Waals surface area (Å²) in [5.41, 5.74) is 0.312. The molecule has 0 amide bonds. The van der Waals surface area contributed by atoms with Crippen LogP contribution in [-0.4, -0.2) is 6.36 Å². The molecule has 5 heteroatoms. The molecule has 14 heavy (non-hydrogen) atoms. The first kappa shape index (κ1) is 8.93. The molecule has 0 saturated carbocycles. The lowest BCUT2D eigenvalue weighted by molar-refractivity contribution is -0.274. The van der Waals surface area contributed by atoms with Gasteiger partial charge >= 0.3 is 6.36 Å². The summed E-state index contributed by atoms with van der Waals surface area (Å²) >= 11 is 0. The van der Waals surface area contributed by atoms with Crippen molar-refractivity contribution in [3.05, 3.63) is 30.5 Å². The number of benzene rings is 1. The molecule has 1 heterocycles. The quantitative estimate of drug-likeness (QED) is 0.707. The number of ether oxygens (including phenoxy) is 1. The average Bonchev–Trinajstić information content (AvgIpc) is 2.49. The van der Waals surface area contributed by atoms with Gasteiger partial charge in [0.2, 0.25) is 0 Å². The van der Waals surface area contributed by atoms with Gasteiger partial charge < -0.3 is 9.15 Å². The van der Waals surface area contributed by atoms with Crippen molar-refractivity contribution in [3.8, 4) is 5.75 Å². The fourth-order valence-electron chi connectivity index (χ4n) is 1.11. The molecular formula is C9H4F3O2. The van der Waals surface area contributed by atoms with Crippen LogP contribution < -0.4 is 4.74 Å². The van der Waals surface area contributed by atoms with Crippen molar-refractivity contribution in [3.63, 3.8) is 0 Å². The Balaban J connectivity index is 2.46. The van der Waals surface area contributed by atoms with Gasteiger partial charge in [0.15, 0.2) is 0 Å². The van der Waals surface area contributed by atoms with Crippen LogP contribution in [0.1, 0.15) is 0 Å². The number of hydrogen-bond donors (Lipinski definition) is 0. The summed E-state index contributed by atoms with van der Waals surface area (Å²) in [5, 5.41) is 0.185. The third kappa shape index (κ3) is 1.66. The lowest BCUT2D eigenvalue weighted by Gasteiger charge is -2.08. The van der Waals surface area contributed by atoms with E-state index in [0.29, 0.717) is 5.58 Å². The summed E-state index contributed by atoms with van der Waals surface area (Å²) < 4.78 is 44.4. The van der Waals surface area contributed by atoms with Crippen molar-refractivity contribution >= 4 is 11.0 Å². The van der Waals surface area contributed by atoms with Crippen LogP contribution in [0.15, 0.2) is 28.9 Å². The molecule has 2 nitrogen and oxygen atoms in total. The van der Waals surface area contributed by atoms with Gasteiger partial charge in [-0.1, -0.05) is 6.07 Å². The third-order valence-corrected chi connectivity index (χ3v) is 1.60. The molecule has 0 spiro atoms. The lowest BCUT2D eigenvalue weighted by Crippen LogP contribution is -2.17. The normalized spacial score (nSPS) is 11.9. The van der Waals surface area contributed by atoms with Crippen molar-refractivity contribution in [1.29, 1.82) is 0 Å². The largest absolute Gasteiger partial charge is 0.573 e. The molecule has 0 aliphatic heterocycles. The fourth-order valence-corrected chi connectivity index (χ4v) is 1.11. The minimum Gasteiger partial charge on any atom is -0.464 e. The first-order chi connectivity index (χ1) is 6.56. The topological polar surface area (TPSA) is 22.4 Å². The molecule has 1 aromatic carbocycles. The fraction of sp³-hybridized carbons (Fsp3) is 0.111. The number of fused-ring (bicyclic) bond motifs is 1. The van der Waals surface area contributed by atoms with Crippen molar-refractivity contribution < 1.29 is 22.3 Å². The highest BCUT2D eigenvalue weighted by molar-refractivity contribution is 5.83. The van der Waals surface area contributed by atoms with Crippen LogP contribution in [0.3, 0.4) is 0 Å². The number of halogens is 3. The van der Waals surface area contributed by atoms with Gasteiger partial charge in [-0.3, -0.25) is 0 Å². The van der Waals surface area contributed by atoms with Gasteiger partial charge in [0.25, 0.3) is 0 Å². The maximum atomic E-state index is 11.9. The van der Waals surface area contributed by atoms with Gasteiger partial charge in [-0.25, -0.2) is 0 Å². The highest BCUT2D eigenvalue weighted by Gasteiger charge is 2.31. The molecule has 73 valence electrons. The van der Waals surface area contributed by atoms with Crippen LogP contribution in [0.5, 0.6) is 5.75 Å². The van der Waals surface area contributed by atoms with E-state index in [-0.39, 0.29) is 11.1 Å². The number of furan rings is 1. The second-order valence-corrected chi connectivity index (χ2v) is 2.56. The molecule has 0 fully saturated rings. The van der Waals surface area contributed by atoms with E-state index in [0.717, 1.165) is 0 Å². The molecule has 0 aliphatic carbocycles. The molecule has 0 saturated heterocycles. The predicted octanol–water partition coefficient (Wildman–Crippen LogP) is 3.13. The SMILES string of the molecule is FC(F)(F)Oc1cccc2oc[c]c12. The Hall–Kier alpha value is -1.65. The molecule has 0 bridgehead atoms. The molecule has 0 N–H and O–H groups in total. The molecule has 2 aromatic rings. The maximum Gasteiger partial charge on any atom is 0.573 e. The monoisotopic (exact) mass is 201 g/mol. The van der Waals surface area contributed by atoms with Crippen molar-refractivity contribution in [2.24, 2.45) is 0 Å². The van der Waals surface area contributed by atoms with Gasteiger partial charge in [-0.05, 0) is 12.1 Å². The molecule has 0 aliphatic rings. The Bertz CT molecular complexity index is 444. The van der Waals surface area contributed by atoms with Gasteiger partial charge in [0.05, 0.1) is 11.6 Å². The van der Waals surface area contributed by atoms with E-state index in [1.165, 1.54) is 24.5 Å². The molecule has 0 unspecified atom stereocenters. The third-order valence-electron chi connectivity index (χ3n) is 1.60. The van der Waals surface area contributed by atoms with Crippen LogP contribution in [0, 0.1) is 6.07 Å². The summed E-state index contributed by atoms with van der Waals surface area (Å²) in [4.78, 5) is 0. The van der Waals surface area contributed by atoms with Crippen molar-refractivity contribution in [2.45, 2.75) is 6.36 Å². The lowest BCUT2D eigenvalue weighted by atomic mass is 10.2. The molecule has 2 rings (SSSR count). The van der Waals surface area contributed by atoms with E-state index >= 15 is 0 Å². The Labute approximate surface area is 76.9 Å². The number of alkyl halides is 3. The summed E-state index contributed by atoms with van der Waals surface area (Å²) in [6, 6.07) is 6.68. The summed E-state index contributed by atoms with van der Waals surface area (Å²) in [5.74, 6) is -0.302. The van der Waals surface area contributed by atoms with Crippen LogP contribution in [0.2, 0.25) is 0 Å². The molecule has 0 atom stereocenters. The molecule has 1 aromatic heterocycles. The minimum absolute atomic E-state index is 0.185. The summed E-state index contributed by atoms with van der Waals surface area (Å²) in [6.07, 6.45) is -3.51. The molecule has 1 radical (unpaired) electrons. The van der Waals surface area contributed by atoms with E-state index < -0.39 is 6.36 Å². The van der Waals surface area contributed by atoms with Gasteiger partial charge in [-0.15, -0.1) is 13.2 Å². The second kappa shape index (κ2) is 2.94. The van der Waals surface area contributed by atoms with Crippen molar-refractivity contribution in [2.75, 3.05) is 0 Å². The Morgan fingerprint density at radius 2 is 2.07 bits per heavy atom. The molecular weight excluding hydrogens is 197 g/mol. The Kier molecular flexibility index (Phi) is 1.87. The van der Waals surface area contributed by atoms with Crippen LogP contribution in [-0.2, 0) is 0 Å². The standard InChI is InChI=1S/C9H4F3O2/c10-9(11,12)14-8-3-1-2-7-6(8)4-5-13-7/h1-3,5H. The number of hydrogen-bond acceptors (Lipinski definition) is 2. The maximum absolute atomic E-state index is 11.9. The average molecular weight is 201 g/mol. The minimum atomic E-state index is -4.70. The zero-order chi connectivity index (χ0) is 10.2. The van der Waals surface area contributed by atoms with Gasteiger partial charge in [0.1, 0.15) is 11.3 Å². The van der Waals surface area contributed by atoms with E-state index in [2.05, 4.69) is 10.8 Å². The van der Waals surface area contributed by atoms with Crippen LogP contribution >= 0.6 is 0 Å². The van der Waals surface area contributed by atoms with Gasteiger partial charge in [0, 0.05) is 6.07 Å². The van der Waals surface area contributed by atoms with E-state index in [1.54, 1.807) is 0 Å². The van der Waals surface area contributed by atoms with Crippen LogP contribution in [0.25, 0.3) is 11.0 Å². The summed E-state index contributed by atoms with van der Waals surface area (Å²) in [6.45, 7) is 0. The summed E-state index contributed by atoms with van der Waals surface area (Å²) in [7, 11) is 0.